The number of anilines is 1. The highest BCUT2D eigenvalue weighted by Crippen LogP contribution is 2.27. The van der Waals surface area contributed by atoms with E-state index in [1.165, 1.54) is 25.7 Å². The fourth-order valence-electron chi connectivity index (χ4n) is 3.66. The standard InChI is InChI=1S/C17H26FN3/c1-13(19)14-6-7-17(16(18)12-14)21-10-8-20(9-11-21)15-4-2-3-5-15/h6-7,12-13,15H,2-5,8-11,19H2,1H3/t13-/m0/s1. The Morgan fingerprint density at radius 2 is 1.81 bits per heavy atom. The highest BCUT2D eigenvalue weighted by molar-refractivity contribution is 5.50. The summed E-state index contributed by atoms with van der Waals surface area (Å²) in [5, 5.41) is 0. The van der Waals surface area contributed by atoms with Crippen molar-refractivity contribution in [3.05, 3.63) is 29.6 Å². The predicted octanol–water partition coefficient (Wildman–Crippen LogP) is 2.91. The van der Waals surface area contributed by atoms with Crippen molar-refractivity contribution >= 4 is 5.69 Å². The van der Waals surface area contributed by atoms with Gasteiger partial charge in [0.25, 0.3) is 0 Å². The second-order valence-electron chi connectivity index (χ2n) is 6.46. The van der Waals surface area contributed by atoms with Gasteiger partial charge in [-0.3, -0.25) is 4.90 Å². The minimum Gasteiger partial charge on any atom is -0.367 e. The molecule has 21 heavy (non-hydrogen) atoms. The quantitative estimate of drug-likeness (QED) is 0.929. The van der Waals surface area contributed by atoms with E-state index < -0.39 is 0 Å². The van der Waals surface area contributed by atoms with Gasteiger partial charge in [-0.1, -0.05) is 18.9 Å². The summed E-state index contributed by atoms with van der Waals surface area (Å²) < 4.78 is 14.3. The lowest BCUT2D eigenvalue weighted by Gasteiger charge is -2.39. The molecule has 0 amide bonds. The molecule has 4 heteroatoms. The van der Waals surface area contributed by atoms with Gasteiger partial charge in [0.05, 0.1) is 5.69 Å². The first-order valence-corrected chi connectivity index (χ1v) is 8.19. The highest BCUT2D eigenvalue weighted by Gasteiger charge is 2.27. The number of piperazine rings is 1. The van der Waals surface area contributed by atoms with E-state index in [1.54, 1.807) is 6.07 Å². The van der Waals surface area contributed by atoms with Crippen molar-refractivity contribution in [3.8, 4) is 0 Å². The molecular formula is C17H26FN3. The van der Waals surface area contributed by atoms with Crippen molar-refractivity contribution in [2.24, 2.45) is 5.73 Å². The summed E-state index contributed by atoms with van der Waals surface area (Å²) in [6, 6.07) is 6.08. The van der Waals surface area contributed by atoms with Crippen molar-refractivity contribution in [2.45, 2.75) is 44.7 Å². The Morgan fingerprint density at radius 1 is 1.14 bits per heavy atom. The van der Waals surface area contributed by atoms with Gasteiger partial charge in [0.15, 0.2) is 0 Å². The average molecular weight is 291 g/mol. The van der Waals surface area contributed by atoms with Crippen molar-refractivity contribution < 1.29 is 4.39 Å². The second kappa shape index (κ2) is 6.32. The number of nitrogens with zero attached hydrogens (tertiary/aromatic N) is 2. The number of hydrogen-bond acceptors (Lipinski definition) is 3. The fourth-order valence-corrected chi connectivity index (χ4v) is 3.66. The van der Waals surface area contributed by atoms with Crippen LogP contribution in [0, 0.1) is 5.82 Å². The highest BCUT2D eigenvalue weighted by atomic mass is 19.1. The van der Waals surface area contributed by atoms with Crippen LogP contribution in [0.25, 0.3) is 0 Å². The van der Waals surface area contributed by atoms with Crippen LogP contribution in [0.4, 0.5) is 10.1 Å². The molecule has 1 atom stereocenters. The lowest BCUT2D eigenvalue weighted by molar-refractivity contribution is 0.187. The molecule has 1 heterocycles. The molecule has 1 aromatic carbocycles. The molecule has 0 bridgehead atoms. The summed E-state index contributed by atoms with van der Waals surface area (Å²) >= 11 is 0. The number of rotatable bonds is 3. The molecule has 1 saturated heterocycles. The molecule has 0 unspecified atom stereocenters. The van der Waals surface area contributed by atoms with Gasteiger partial charge >= 0.3 is 0 Å². The molecule has 1 saturated carbocycles. The van der Waals surface area contributed by atoms with Crippen molar-refractivity contribution in [1.29, 1.82) is 0 Å². The molecule has 1 aliphatic heterocycles. The van der Waals surface area contributed by atoms with Crippen molar-refractivity contribution in [2.75, 3.05) is 31.1 Å². The van der Waals surface area contributed by atoms with E-state index in [2.05, 4.69) is 9.80 Å². The lowest BCUT2D eigenvalue weighted by atomic mass is 10.1. The number of halogens is 1. The van der Waals surface area contributed by atoms with Gasteiger partial charge in [-0.2, -0.15) is 0 Å². The Kier molecular flexibility index (Phi) is 4.45. The van der Waals surface area contributed by atoms with Crippen LogP contribution in [-0.2, 0) is 0 Å². The number of benzene rings is 1. The molecule has 2 N–H and O–H groups in total. The monoisotopic (exact) mass is 291 g/mol. The SMILES string of the molecule is C[C@H](N)c1ccc(N2CCN(C3CCCC3)CC2)c(F)c1. The zero-order valence-electron chi connectivity index (χ0n) is 12.9. The van der Waals surface area contributed by atoms with Gasteiger partial charge < -0.3 is 10.6 Å². The van der Waals surface area contributed by atoms with E-state index in [9.17, 15) is 4.39 Å². The van der Waals surface area contributed by atoms with E-state index in [0.717, 1.165) is 43.5 Å². The maximum absolute atomic E-state index is 14.3. The minimum absolute atomic E-state index is 0.118. The Labute approximate surface area is 126 Å². The smallest absolute Gasteiger partial charge is 0.146 e. The summed E-state index contributed by atoms with van der Waals surface area (Å²) in [5.41, 5.74) is 7.40. The maximum Gasteiger partial charge on any atom is 0.146 e. The maximum atomic E-state index is 14.3. The van der Waals surface area contributed by atoms with Crippen LogP contribution in [0.2, 0.25) is 0 Å². The number of hydrogen-bond donors (Lipinski definition) is 1. The van der Waals surface area contributed by atoms with E-state index in [-0.39, 0.29) is 11.9 Å². The summed E-state index contributed by atoms with van der Waals surface area (Å²) in [5.74, 6) is -0.140. The molecule has 1 aliphatic carbocycles. The Hall–Kier alpha value is -1.13. The second-order valence-corrected chi connectivity index (χ2v) is 6.46. The lowest BCUT2D eigenvalue weighted by Crippen LogP contribution is -2.50. The zero-order chi connectivity index (χ0) is 14.8. The van der Waals surface area contributed by atoms with Crippen LogP contribution in [0.5, 0.6) is 0 Å². The number of nitrogens with two attached hydrogens (primary N) is 1. The van der Waals surface area contributed by atoms with Crippen molar-refractivity contribution in [1.82, 2.24) is 4.90 Å². The van der Waals surface area contributed by atoms with E-state index >= 15 is 0 Å². The van der Waals surface area contributed by atoms with E-state index in [0.29, 0.717) is 0 Å². The predicted molar refractivity (Wildman–Crippen MR) is 85.0 cm³/mol. The molecular weight excluding hydrogens is 265 g/mol. The molecule has 2 aliphatic rings. The molecule has 3 rings (SSSR count). The van der Waals surface area contributed by atoms with Gasteiger partial charge in [-0.25, -0.2) is 4.39 Å². The summed E-state index contributed by atoms with van der Waals surface area (Å²) in [6.45, 7) is 5.84. The summed E-state index contributed by atoms with van der Waals surface area (Å²) in [6.07, 6.45) is 5.44. The van der Waals surface area contributed by atoms with Crippen LogP contribution in [0.15, 0.2) is 18.2 Å². The van der Waals surface area contributed by atoms with Gasteiger partial charge in [0, 0.05) is 38.3 Å². The van der Waals surface area contributed by atoms with Gasteiger partial charge in [-0.15, -0.1) is 0 Å². The van der Waals surface area contributed by atoms with Gasteiger partial charge in [0.2, 0.25) is 0 Å². The topological polar surface area (TPSA) is 32.5 Å². The molecule has 0 radical (unpaired) electrons. The minimum atomic E-state index is -0.140. The van der Waals surface area contributed by atoms with Gasteiger partial charge in [0.1, 0.15) is 5.82 Å². The van der Waals surface area contributed by atoms with E-state index in [1.807, 2.05) is 19.1 Å². The molecule has 3 nitrogen and oxygen atoms in total. The normalized spacial score (nSPS) is 22.7. The van der Waals surface area contributed by atoms with Crippen LogP contribution >= 0.6 is 0 Å². The third-order valence-corrected chi connectivity index (χ3v) is 4.99. The molecule has 2 fully saturated rings. The Morgan fingerprint density at radius 3 is 2.38 bits per heavy atom. The Balaban J connectivity index is 1.63. The van der Waals surface area contributed by atoms with E-state index in [4.69, 9.17) is 5.73 Å². The summed E-state index contributed by atoms with van der Waals surface area (Å²) in [7, 11) is 0. The summed E-state index contributed by atoms with van der Waals surface area (Å²) in [4.78, 5) is 4.77. The van der Waals surface area contributed by atoms with Gasteiger partial charge in [-0.05, 0) is 37.5 Å². The third kappa shape index (κ3) is 3.22. The van der Waals surface area contributed by atoms with Crippen LogP contribution < -0.4 is 10.6 Å². The molecule has 116 valence electrons. The zero-order valence-corrected chi connectivity index (χ0v) is 12.9. The largest absolute Gasteiger partial charge is 0.367 e. The fraction of sp³-hybridized carbons (Fsp3) is 0.647. The molecule has 0 spiro atoms. The van der Waals surface area contributed by atoms with Crippen LogP contribution in [0.3, 0.4) is 0 Å². The Bertz CT molecular complexity index is 475. The first kappa shape index (κ1) is 14.8. The third-order valence-electron chi connectivity index (χ3n) is 4.99. The first-order chi connectivity index (χ1) is 10.1. The van der Waals surface area contributed by atoms with Crippen LogP contribution in [0.1, 0.15) is 44.2 Å². The molecule has 1 aromatic rings. The first-order valence-electron chi connectivity index (χ1n) is 8.19. The molecule has 0 aromatic heterocycles. The van der Waals surface area contributed by atoms with Crippen LogP contribution in [-0.4, -0.2) is 37.1 Å². The average Bonchev–Trinajstić information content (AvgIpc) is 3.01. The van der Waals surface area contributed by atoms with Crippen molar-refractivity contribution in [3.63, 3.8) is 0 Å².